The van der Waals surface area contributed by atoms with Crippen molar-refractivity contribution in [1.29, 1.82) is 0 Å². The minimum absolute atomic E-state index is 0.0000981. The van der Waals surface area contributed by atoms with Gasteiger partial charge in [-0.15, -0.1) is 0 Å². The molecule has 0 bridgehead atoms. The molecule has 4 rings (SSSR count). The Kier molecular flexibility index (Phi) is 8.06. The predicted molar refractivity (Wildman–Crippen MR) is 144 cm³/mol. The molecule has 0 aliphatic carbocycles. The Morgan fingerprint density at radius 3 is 2.78 bits per heavy atom. The molecular weight excluding hydrogens is 476 g/mol. The van der Waals surface area contributed by atoms with Crippen molar-refractivity contribution < 1.29 is 9.59 Å². The first-order valence-corrected chi connectivity index (χ1v) is 12.6. The number of imidazole rings is 1. The van der Waals surface area contributed by atoms with Crippen LogP contribution < -0.4 is 5.32 Å². The molecule has 36 heavy (non-hydrogen) atoms. The molecule has 0 spiro atoms. The molecule has 9 heteroatoms. The average Bonchev–Trinajstić information content (AvgIpc) is 2.99. The number of benzene rings is 1. The highest BCUT2D eigenvalue weighted by Gasteiger charge is 2.27. The third-order valence-electron chi connectivity index (χ3n) is 6.41. The number of pyridine rings is 1. The molecule has 1 aliphatic rings. The van der Waals surface area contributed by atoms with Crippen molar-refractivity contribution >= 4 is 40.4 Å². The van der Waals surface area contributed by atoms with Crippen LogP contribution in [0, 0.1) is 13.8 Å². The lowest BCUT2D eigenvalue weighted by Gasteiger charge is -2.26. The van der Waals surface area contributed by atoms with E-state index in [-0.39, 0.29) is 17.9 Å². The van der Waals surface area contributed by atoms with Crippen LogP contribution in [0.4, 0.5) is 5.95 Å². The number of rotatable bonds is 6. The molecule has 1 saturated heterocycles. The number of halogens is 1. The molecule has 1 N–H and O–H groups in total. The predicted octanol–water partition coefficient (Wildman–Crippen LogP) is 4.63. The number of aryl methyl sites for hydroxylation is 2. The van der Waals surface area contributed by atoms with Crippen LogP contribution in [0.2, 0.25) is 5.02 Å². The molecule has 8 nitrogen and oxygen atoms in total. The molecule has 3 aromatic rings. The van der Waals surface area contributed by atoms with E-state index in [1.54, 1.807) is 24.4 Å². The summed E-state index contributed by atoms with van der Waals surface area (Å²) in [6.07, 6.45) is 7.91. The molecule has 1 aliphatic heterocycles. The lowest BCUT2D eigenvalue weighted by molar-refractivity contribution is -0.126. The molecule has 1 atom stereocenters. The SMILES string of the molecule is Cc1cc(C(=O)Nc2nc3cc(C)c(Cl)cc3n2[C@@H]2CCCCN(C(=O)/C=C/CN(C)C)C2)ccn1. The Morgan fingerprint density at radius 2 is 2.03 bits per heavy atom. The van der Waals surface area contributed by atoms with E-state index in [2.05, 4.69) is 10.3 Å². The summed E-state index contributed by atoms with van der Waals surface area (Å²) in [6, 6.07) is 7.21. The summed E-state index contributed by atoms with van der Waals surface area (Å²) in [7, 11) is 3.94. The van der Waals surface area contributed by atoms with Gasteiger partial charge < -0.3 is 14.4 Å². The van der Waals surface area contributed by atoms with Crippen LogP contribution >= 0.6 is 11.6 Å². The summed E-state index contributed by atoms with van der Waals surface area (Å²) in [5.41, 5.74) is 3.79. The first kappa shape index (κ1) is 25.9. The Labute approximate surface area is 217 Å². The summed E-state index contributed by atoms with van der Waals surface area (Å²) < 4.78 is 2.04. The first-order chi connectivity index (χ1) is 17.2. The van der Waals surface area contributed by atoms with E-state index >= 15 is 0 Å². The first-order valence-electron chi connectivity index (χ1n) is 12.2. The van der Waals surface area contributed by atoms with E-state index in [0.29, 0.717) is 36.2 Å². The van der Waals surface area contributed by atoms with Crippen molar-refractivity contribution in [2.45, 2.75) is 39.2 Å². The highest BCUT2D eigenvalue weighted by atomic mass is 35.5. The summed E-state index contributed by atoms with van der Waals surface area (Å²) >= 11 is 6.51. The van der Waals surface area contributed by atoms with Crippen LogP contribution in [0.15, 0.2) is 42.6 Å². The highest BCUT2D eigenvalue weighted by molar-refractivity contribution is 6.32. The molecule has 1 aromatic carbocycles. The number of carbonyl (C=O) groups is 2. The van der Waals surface area contributed by atoms with Gasteiger partial charge in [0.25, 0.3) is 5.91 Å². The maximum atomic E-state index is 13.1. The van der Waals surface area contributed by atoms with E-state index < -0.39 is 0 Å². The van der Waals surface area contributed by atoms with Gasteiger partial charge in [-0.05, 0) is 77.0 Å². The summed E-state index contributed by atoms with van der Waals surface area (Å²) in [4.78, 5) is 39.0. The topological polar surface area (TPSA) is 83.4 Å². The number of hydrogen-bond acceptors (Lipinski definition) is 5. The second-order valence-corrected chi connectivity index (χ2v) is 10.0. The second kappa shape index (κ2) is 11.2. The van der Waals surface area contributed by atoms with Crippen molar-refractivity contribution in [2.75, 3.05) is 39.0 Å². The van der Waals surface area contributed by atoms with E-state index in [9.17, 15) is 9.59 Å². The Hall–Kier alpha value is -3.23. The summed E-state index contributed by atoms with van der Waals surface area (Å²) in [5.74, 6) is 0.196. The second-order valence-electron chi connectivity index (χ2n) is 9.63. The number of nitrogens with zero attached hydrogens (tertiary/aromatic N) is 5. The molecule has 190 valence electrons. The Morgan fingerprint density at radius 1 is 1.22 bits per heavy atom. The van der Waals surface area contributed by atoms with Gasteiger partial charge in [0.05, 0.1) is 17.1 Å². The van der Waals surface area contributed by atoms with Crippen LogP contribution in [-0.2, 0) is 4.79 Å². The molecule has 2 aromatic heterocycles. The fraction of sp³-hybridized carbons (Fsp3) is 0.407. The number of likely N-dealkylation sites (tertiary alicyclic amines) is 1. The van der Waals surface area contributed by atoms with Gasteiger partial charge in [-0.25, -0.2) is 4.98 Å². The van der Waals surface area contributed by atoms with Gasteiger partial charge in [0.2, 0.25) is 11.9 Å². The van der Waals surface area contributed by atoms with Gasteiger partial charge in [0.1, 0.15) is 0 Å². The zero-order valence-corrected chi connectivity index (χ0v) is 22.0. The zero-order chi connectivity index (χ0) is 25.8. The van der Waals surface area contributed by atoms with Crippen LogP contribution in [0.1, 0.15) is 46.9 Å². The third kappa shape index (κ3) is 5.94. The quantitative estimate of drug-likeness (QED) is 0.491. The zero-order valence-electron chi connectivity index (χ0n) is 21.3. The van der Waals surface area contributed by atoms with Crippen LogP contribution in [0.3, 0.4) is 0 Å². The van der Waals surface area contributed by atoms with Crippen molar-refractivity contribution in [3.63, 3.8) is 0 Å². The Bertz CT molecular complexity index is 1300. The molecule has 0 saturated carbocycles. The molecule has 3 heterocycles. The van der Waals surface area contributed by atoms with Crippen molar-refractivity contribution in [1.82, 2.24) is 24.3 Å². The third-order valence-corrected chi connectivity index (χ3v) is 6.82. The van der Waals surface area contributed by atoms with Crippen molar-refractivity contribution in [3.05, 3.63) is 64.5 Å². The maximum absolute atomic E-state index is 13.1. The van der Waals surface area contributed by atoms with Crippen LogP contribution in [0.5, 0.6) is 0 Å². The van der Waals surface area contributed by atoms with Gasteiger partial charge in [0, 0.05) is 48.2 Å². The fourth-order valence-corrected chi connectivity index (χ4v) is 4.70. The molecule has 2 amide bonds. The van der Waals surface area contributed by atoms with Gasteiger partial charge in [-0.3, -0.25) is 19.9 Å². The normalized spacial score (nSPS) is 16.6. The standard InChI is InChI=1S/C27H33ClN6O2/c1-18-14-23-24(16-22(18)28)34(27(30-23)31-26(36)20-10-11-29-19(2)15-20)21-8-5-6-13-33(17-21)25(35)9-7-12-32(3)4/h7,9-11,14-16,21H,5-6,8,12-13,17H2,1-4H3,(H,30,31,36)/b9-7+/t21-/m1/s1. The van der Waals surface area contributed by atoms with E-state index in [1.165, 1.54) is 0 Å². The number of amides is 2. The monoisotopic (exact) mass is 508 g/mol. The smallest absolute Gasteiger partial charge is 0.258 e. The van der Waals surface area contributed by atoms with Crippen molar-refractivity contribution in [3.8, 4) is 0 Å². The van der Waals surface area contributed by atoms with Crippen molar-refractivity contribution in [2.24, 2.45) is 0 Å². The largest absolute Gasteiger partial charge is 0.337 e. The molecular formula is C27H33ClN6O2. The average molecular weight is 509 g/mol. The molecule has 0 radical (unpaired) electrons. The van der Waals surface area contributed by atoms with Gasteiger partial charge in [0.15, 0.2) is 0 Å². The highest BCUT2D eigenvalue weighted by Crippen LogP contribution is 2.33. The number of aromatic nitrogens is 3. The number of likely N-dealkylation sites (N-methyl/N-ethyl adjacent to an activating group) is 1. The van der Waals surface area contributed by atoms with Gasteiger partial charge in [-0.1, -0.05) is 17.7 Å². The minimum Gasteiger partial charge on any atom is -0.337 e. The van der Waals surface area contributed by atoms with E-state index in [4.69, 9.17) is 16.6 Å². The summed E-state index contributed by atoms with van der Waals surface area (Å²) in [6.45, 7) is 5.72. The molecule has 1 fully saturated rings. The van der Waals surface area contributed by atoms with Gasteiger partial charge in [-0.2, -0.15) is 0 Å². The number of nitrogens with one attached hydrogen (secondary N) is 1. The lowest BCUT2D eigenvalue weighted by atomic mass is 10.1. The number of anilines is 1. The lowest BCUT2D eigenvalue weighted by Crippen LogP contribution is -2.34. The fourth-order valence-electron chi connectivity index (χ4n) is 4.54. The maximum Gasteiger partial charge on any atom is 0.258 e. The minimum atomic E-state index is -0.256. The molecule has 0 unspecified atom stereocenters. The Balaban J connectivity index is 1.70. The van der Waals surface area contributed by atoms with E-state index in [0.717, 1.165) is 41.6 Å². The number of carbonyl (C=O) groups excluding carboxylic acids is 2. The van der Waals surface area contributed by atoms with Crippen LogP contribution in [-0.4, -0.2) is 69.9 Å². The van der Waals surface area contributed by atoms with Gasteiger partial charge >= 0.3 is 0 Å². The van der Waals surface area contributed by atoms with Crippen LogP contribution in [0.25, 0.3) is 11.0 Å². The number of fused-ring (bicyclic) bond motifs is 1. The van der Waals surface area contributed by atoms with E-state index in [1.807, 2.05) is 60.5 Å². The summed E-state index contributed by atoms with van der Waals surface area (Å²) in [5, 5.41) is 3.65. The number of hydrogen-bond donors (Lipinski definition) is 1.